The van der Waals surface area contributed by atoms with Crippen LogP contribution in [0.25, 0.3) is 11.1 Å². The summed E-state index contributed by atoms with van der Waals surface area (Å²) in [6, 6.07) is 14.4. The number of benzene rings is 2. The van der Waals surface area contributed by atoms with E-state index in [1.807, 2.05) is 30.3 Å². The maximum Gasteiger partial charge on any atom is 0.243 e. The minimum absolute atomic E-state index is 0.103. The molecule has 0 aliphatic carbocycles. The monoisotopic (exact) mass is 358 g/mol. The minimum atomic E-state index is -3.55. The Kier molecular flexibility index (Phi) is 5.20. The average molecular weight is 358 g/mol. The molecule has 0 atom stereocenters. The van der Waals surface area contributed by atoms with Gasteiger partial charge < -0.3 is 5.32 Å². The van der Waals surface area contributed by atoms with Crippen LogP contribution in [0, 0.1) is 0 Å². The lowest BCUT2D eigenvalue weighted by Gasteiger charge is -2.19. The number of amides is 1. The molecule has 2 aromatic carbocycles. The Hall–Kier alpha value is -2.18. The van der Waals surface area contributed by atoms with Crippen molar-refractivity contribution >= 4 is 21.6 Å². The van der Waals surface area contributed by atoms with Crippen molar-refractivity contribution in [2.75, 3.05) is 18.4 Å². The van der Waals surface area contributed by atoms with E-state index < -0.39 is 10.0 Å². The number of anilines is 1. The summed E-state index contributed by atoms with van der Waals surface area (Å²) in [5.74, 6) is -0.103. The van der Waals surface area contributed by atoms with Crippen molar-refractivity contribution < 1.29 is 13.2 Å². The molecule has 1 amide bonds. The number of carbonyl (C=O) groups is 1. The molecule has 0 aromatic heterocycles. The fourth-order valence-corrected chi connectivity index (χ4v) is 4.70. The second-order valence-electron chi connectivity index (χ2n) is 6.09. The number of carbonyl (C=O) groups excluding carboxylic acids is 1. The Labute approximate surface area is 148 Å². The molecular formula is C19H22N2O3S. The first-order valence-corrected chi connectivity index (χ1v) is 9.96. The van der Waals surface area contributed by atoms with Crippen molar-refractivity contribution in [2.24, 2.45) is 0 Å². The summed E-state index contributed by atoms with van der Waals surface area (Å²) >= 11 is 0. The van der Waals surface area contributed by atoms with Crippen molar-refractivity contribution in [1.82, 2.24) is 4.31 Å². The highest BCUT2D eigenvalue weighted by atomic mass is 32.2. The number of hydrogen-bond acceptors (Lipinski definition) is 3. The predicted octanol–water partition coefficient (Wildman–Crippen LogP) is 3.49. The van der Waals surface area contributed by atoms with Gasteiger partial charge in [-0.25, -0.2) is 8.42 Å². The first-order valence-electron chi connectivity index (χ1n) is 8.52. The molecule has 2 aromatic rings. The van der Waals surface area contributed by atoms with Gasteiger partial charge >= 0.3 is 0 Å². The quantitative estimate of drug-likeness (QED) is 0.890. The lowest BCUT2D eigenvalue weighted by Crippen LogP contribution is -2.28. The Morgan fingerprint density at radius 1 is 1.08 bits per heavy atom. The van der Waals surface area contributed by atoms with E-state index >= 15 is 0 Å². The van der Waals surface area contributed by atoms with Gasteiger partial charge in [-0.3, -0.25) is 4.79 Å². The molecule has 0 spiro atoms. The van der Waals surface area contributed by atoms with Crippen molar-refractivity contribution in [2.45, 2.75) is 31.1 Å². The number of rotatable bonds is 5. The zero-order valence-electron chi connectivity index (χ0n) is 14.2. The third kappa shape index (κ3) is 3.75. The lowest BCUT2D eigenvalue weighted by molar-refractivity contribution is -0.115. The van der Waals surface area contributed by atoms with Gasteiger partial charge in [0.2, 0.25) is 15.9 Å². The SMILES string of the molecule is CCC(=O)Nc1ccc(S(=O)(=O)N2CCCC2)c(-c2ccccc2)c1. The van der Waals surface area contributed by atoms with Crippen molar-refractivity contribution in [3.8, 4) is 11.1 Å². The number of nitrogens with zero attached hydrogens (tertiary/aromatic N) is 1. The van der Waals surface area contributed by atoms with Crippen molar-refractivity contribution in [3.63, 3.8) is 0 Å². The average Bonchev–Trinajstić information content (AvgIpc) is 3.18. The van der Waals surface area contributed by atoms with Crippen LogP contribution in [0.3, 0.4) is 0 Å². The molecule has 3 rings (SSSR count). The van der Waals surface area contributed by atoms with Crippen LogP contribution in [0.5, 0.6) is 0 Å². The van der Waals surface area contributed by atoms with Crippen molar-refractivity contribution in [1.29, 1.82) is 0 Å². The van der Waals surface area contributed by atoms with Crippen LogP contribution in [0.15, 0.2) is 53.4 Å². The van der Waals surface area contributed by atoms with Crippen LogP contribution < -0.4 is 5.32 Å². The molecule has 6 heteroatoms. The molecule has 0 unspecified atom stereocenters. The summed E-state index contributed by atoms with van der Waals surface area (Å²) in [6.45, 7) is 2.90. The van der Waals surface area contributed by atoms with Gasteiger partial charge in [-0.15, -0.1) is 0 Å². The van der Waals surface area contributed by atoms with E-state index in [1.165, 1.54) is 0 Å². The molecule has 1 heterocycles. The second kappa shape index (κ2) is 7.37. The van der Waals surface area contributed by atoms with Crippen molar-refractivity contribution in [3.05, 3.63) is 48.5 Å². The number of nitrogens with one attached hydrogen (secondary N) is 1. The maximum absolute atomic E-state index is 13.1. The zero-order chi connectivity index (χ0) is 17.9. The summed E-state index contributed by atoms with van der Waals surface area (Å²) in [5, 5.41) is 2.80. The van der Waals surface area contributed by atoms with E-state index in [-0.39, 0.29) is 10.8 Å². The maximum atomic E-state index is 13.1. The first kappa shape index (κ1) is 17.6. The molecule has 1 aliphatic rings. The molecular weight excluding hydrogens is 336 g/mol. The number of sulfonamides is 1. The fourth-order valence-electron chi connectivity index (χ4n) is 2.99. The predicted molar refractivity (Wildman–Crippen MR) is 98.8 cm³/mol. The Morgan fingerprint density at radius 2 is 1.76 bits per heavy atom. The first-order chi connectivity index (χ1) is 12.0. The van der Waals surface area contributed by atoms with E-state index in [2.05, 4.69) is 5.32 Å². The largest absolute Gasteiger partial charge is 0.326 e. The highest BCUT2D eigenvalue weighted by molar-refractivity contribution is 7.89. The Morgan fingerprint density at radius 3 is 2.40 bits per heavy atom. The van der Waals surface area contributed by atoms with E-state index in [9.17, 15) is 13.2 Å². The third-order valence-electron chi connectivity index (χ3n) is 4.35. The molecule has 132 valence electrons. The normalized spacial score (nSPS) is 15.2. The summed E-state index contributed by atoms with van der Waals surface area (Å²) in [7, 11) is -3.55. The van der Waals surface area contributed by atoms with E-state index in [4.69, 9.17) is 0 Å². The zero-order valence-corrected chi connectivity index (χ0v) is 15.1. The molecule has 25 heavy (non-hydrogen) atoms. The van der Waals surface area contributed by atoms with Gasteiger partial charge in [0.25, 0.3) is 0 Å². The molecule has 1 saturated heterocycles. The van der Waals surface area contributed by atoms with Crippen LogP contribution in [0.2, 0.25) is 0 Å². The van der Waals surface area contributed by atoms with E-state index in [0.29, 0.717) is 30.8 Å². The fraction of sp³-hybridized carbons (Fsp3) is 0.316. The molecule has 1 N–H and O–H groups in total. The van der Waals surface area contributed by atoms with E-state index in [0.717, 1.165) is 18.4 Å². The Balaban J connectivity index is 2.09. The molecule has 0 radical (unpaired) electrons. The highest BCUT2D eigenvalue weighted by Gasteiger charge is 2.29. The topological polar surface area (TPSA) is 66.5 Å². The van der Waals surface area contributed by atoms with Gasteiger partial charge in [-0.2, -0.15) is 4.31 Å². The lowest BCUT2D eigenvalue weighted by atomic mass is 10.1. The second-order valence-corrected chi connectivity index (χ2v) is 8.00. The molecule has 0 bridgehead atoms. The standard InChI is InChI=1S/C19H22N2O3S/c1-2-19(22)20-16-10-11-18(25(23,24)21-12-6-7-13-21)17(14-16)15-8-4-3-5-9-15/h3-5,8-11,14H,2,6-7,12-13H2,1H3,(H,20,22). The van der Waals surface area contributed by atoms with Gasteiger partial charge in [0, 0.05) is 30.8 Å². The van der Waals surface area contributed by atoms with Gasteiger partial charge in [-0.1, -0.05) is 37.3 Å². The summed E-state index contributed by atoms with van der Waals surface area (Å²) in [4.78, 5) is 12.0. The van der Waals surface area contributed by atoms with Gasteiger partial charge in [0.05, 0.1) is 4.90 Å². The van der Waals surface area contributed by atoms with E-state index in [1.54, 1.807) is 29.4 Å². The van der Waals surface area contributed by atoms with Crippen LogP contribution in [0.4, 0.5) is 5.69 Å². The molecule has 5 nitrogen and oxygen atoms in total. The molecule has 1 fully saturated rings. The molecule has 1 aliphatic heterocycles. The van der Waals surface area contributed by atoms with Gasteiger partial charge in [-0.05, 0) is 36.6 Å². The van der Waals surface area contributed by atoms with Crippen LogP contribution in [0.1, 0.15) is 26.2 Å². The number of hydrogen-bond donors (Lipinski definition) is 1. The van der Waals surface area contributed by atoms with Gasteiger partial charge in [0.1, 0.15) is 0 Å². The van der Waals surface area contributed by atoms with Gasteiger partial charge in [0.15, 0.2) is 0 Å². The van der Waals surface area contributed by atoms with Crippen LogP contribution >= 0.6 is 0 Å². The summed E-state index contributed by atoms with van der Waals surface area (Å²) in [5.41, 5.74) is 2.03. The minimum Gasteiger partial charge on any atom is -0.326 e. The summed E-state index contributed by atoms with van der Waals surface area (Å²) in [6.07, 6.45) is 2.16. The smallest absolute Gasteiger partial charge is 0.243 e. The Bertz CT molecular complexity index is 857. The van der Waals surface area contributed by atoms with Crippen LogP contribution in [-0.4, -0.2) is 31.7 Å². The van der Waals surface area contributed by atoms with Crippen LogP contribution in [-0.2, 0) is 14.8 Å². The molecule has 0 saturated carbocycles. The summed E-state index contributed by atoms with van der Waals surface area (Å²) < 4.78 is 27.7. The highest BCUT2D eigenvalue weighted by Crippen LogP contribution is 2.33. The third-order valence-corrected chi connectivity index (χ3v) is 6.31.